The molecule has 1 fully saturated rings. The van der Waals surface area contributed by atoms with E-state index in [2.05, 4.69) is 38.4 Å². The van der Waals surface area contributed by atoms with Gasteiger partial charge in [0.2, 0.25) is 0 Å². The molecule has 9 nitrogen and oxygen atoms in total. The summed E-state index contributed by atoms with van der Waals surface area (Å²) in [7, 11) is 6.33. The van der Waals surface area contributed by atoms with E-state index in [-0.39, 0.29) is 29.6 Å². The quantitative estimate of drug-likeness (QED) is 0.297. The summed E-state index contributed by atoms with van der Waals surface area (Å²) in [5.74, 6) is 2.12. The van der Waals surface area contributed by atoms with E-state index in [1.54, 1.807) is 21.3 Å². The molecule has 45 heavy (non-hydrogen) atoms. The molecule has 3 aliphatic rings. The number of phenols is 2. The molecular weight excluding hydrogens is 638 g/mol. The summed E-state index contributed by atoms with van der Waals surface area (Å²) in [6, 6.07) is 8.56. The first-order chi connectivity index (χ1) is 21.7. The molecule has 2 bridgehead atoms. The van der Waals surface area contributed by atoms with E-state index < -0.39 is 12.1 Å². The molecule has 3 aromatic rings. The van der Waals surface area contributed by atoms with Crippen LogP contribution < -0.4 is 18.9 Å². The van der Waals surface area contributed by atoms with Crippen LogP contribution in [0.5, 0.6) is 34.5 Å². The van der Waals surface area contributed by atoms with Crippen LogP contribution in [-0.4, -0.2) is 73.1 Å². The minimum absolute atomic E-state index is 0.0368. The molecule has 0 radical (unpaired) electrons. The molecule has 6 rings (SSSR count). The number of hydrogen-bond donors (Lipinski definition) is 2. The normalized spacial score (nSPS) is 23.6. The van der Waals surface area contributed by atoms with Crippen LogP contribution in [0, 0.1) is 25.2 Å². The minimum atomic E-state index is -0.590. The zero-order chi connectivity index (χ0) is 32.3. The molecule has 2 N–H and O–H groups in total. The molecule has 3 aromatic carbocycles. The summed E-state index contributed by atoms with van der Waals surface area (Å²) in [4.78, 5) is 4.51. The highest BCUT2D eigenvalue weighted by atomic mass is 79.9. The van der Waals surface area contributed by atoms with E-state index in [9.17, 15) is 15.5 Å². The Labute approximate surface area is 272 Å². The molecule has 236 valence electrons. The van der Waals surface area contributed by atoms with Crippen molar-refractivity contribution in [1.29, 1.82) is 5.26 Å². The second-order valence-corrected chi connectivity index (χ2v) is 12.7. The third-order valence-electron chi connectivity index (χ3n) is 9.89. The van der Waals surface area contributed by atoms with Crippen molar-refractivity contribution < 1.29 is 29.2 Å². The van der Waals surface area contributed by atoms with Crippen LogP contribution in [-0.2, 0) is 12.8 Å². The van der Waals surface area contributed by atoms with Crippen molar-refractivity contribution in [2.24, 2.45) is 0 Å². The molecular formula is C35H38BrN3O6. The van der Waals surface area contributed by atoms with Crippen molar-refractivity contribution in [3.05, 3.63) is 80.3 Å². The van der Waals surface area contributed by atoms with E-state index in [0.717, 1.165) is 26.7 Å². The topological polar surface area (TPSA) is 108 Å². The smallest absolute Gasteiger partial charge is 0.167 e. The summed E-state index contributed by atoms with van der Waals surface area (Å²) in [5.41, 5.74) is 5.43. The predicted octanol–water partition coefficient (Wildman–Crippen LogP) is 5.89. The Morgan fingerprint density at radius 3 is 1.89 bits per heavy atom. The van der Waals surface area contributed by atoms with Crippen molar-refractivity contribution in [2.45, 2.75) is 56.9 Å². The Morgan fingerprint density at radius 1 is 0.867 bits per heavy atom. The van der Waals surface area contributed by atoms with Crippen LogP contribution in [0.1, 0.15) is 51.0 Å². The molecule has 3 heterocycles. The Kier molecular flexibility index (Phi) is 8.14. The van der Waals surface area contributed by atoms with Crippen molar-refractivity contribution in [1.82, 2.24) is 9.80 Å². The first-order valence-corrected chi connectivity index (χ1v) is 15.7. The van der Waals surface area contributed by atoms with Gasteiger partial charge in [0, 0.05) is 56.5 Å². The van der Waals surface area contributed by atoms with E-state index in [0.29, 0.717) is 59.1 Å². The van der Waals surface area contributed by atoms with Gasteiger partial charge in [0.1, 0.15) is 17.5 Å². The Morgan fingerprint density at radius 2 is 1.38 bits per heavy atom. The molecule has 5 atom stereocenters. The van der Waals surface area contributed by atoms with E-state index in [1.165, 1.54) is 7.11 Å². The van der Waals surface area contributed by atoms with Crippen LogP contribution in [0.25, 0.3) is 0 Å². The largest absolute Gasteiger partial charge is 0.504 e. The van der Waals surface area contributed by atoms with Crippen molar-refractivity contribution in [2.75, 3.05) is 35.0 Å². The highest BCUT2D eigenvalue weighted by Crippen LogP contribution is 2.60. The highest BCUT2D eigenvalue weighted by molar-refractivity contribution is 9.10. The van der Waals surface area contributed by atoms with Crippen LogP contribution in [0.2, 0.25) is 0 Å². The van der Waals surface area contributed by atoms with Crippen LogP contribution in [0.3, 0.4) is 0 Å². The van der Waals surface area contributed by atoms with Crippen molar-refractivity contribution in [3.8, 4) is 40.6 Å². The second kappa shape index (κ2) is 11.8. The molecule has 0 aliphatic carbocycles. The zero-order valence-corrected chi connectivity index (χ0v) is 27.9. The fraction of sp³-hybridized carbons (Fsp3) is 0.400. The molecule has 1 saturated heterocycles. The van der Waals surface area contributed by atoms with Gasteiger partial charge in [-0.1, -0.05) is 34.1 Å². The number of rotatable bonds is 7. The van der Waals surface area contributed by atoms with Gasteiger partial charge in [0.25, 0.3) is 0 Å². The number of ether oxygens (including phenoxy) is 4. The molecule has 0 aromatic heterocycles. The first kappa shape index (κ1) is 31.1. The fourth-order valence-electron chi connectivity index (χ4n) is 8.29. The van der Waals surface area contributed by atoms with Gasteiger partial charge in [-0.05, 0) is 44.4 Å². The third-order valence-corrected chi connectivity index (χ3v) is 10.4. The number of aromatic hydroxyl groups is 2. The third kappa shape index (κ3) is 4.39. The standard InChI is InChI=1S/C35H38BrN3O6/c1-8-13-38-23-14-21-27(31(41)35(45-7)17(2)32(21)42-4)29(38)24-15-22-26(30(40)34(44-6)18(3)33(22)43-5)28(39(24)25(23)16-37)19-9-11-20(36)12-10-19/h8-12,23-25,28-29,40-41H,1,13-15H2,2-7H3/t23-,24-,25-,28-,29-/m0/s1. The maximum atomic E-state index is 11.9. The van der Waals surface area contributed by atoms with Crippen LogP contribution in [0.4, 0.5) is 0 Å². The maximum Gasteiger partial charge on any atom is 0.167 e. The lowest BCUT2D eigenvalue weighted by Crippen LogP contribution is -2.69. The van der Waals surface area contributed by atoms with Crippen LogP contribution >= 0.6 is 15.9 Å². The lowest BCUT2D eigenvalue weighted by atomic mass is 9.70. The van der Waals surface area contributed by atoms with E-state index in [1.807, 2.05) is 44.2 Å². The molecule has 3 aliphatic heterocycles. The Bertz CT molecular complexity index is 1720. The van der Waals surface area contributed by atoms with Gasteiger partial charge in [-0.25, -0.2) is 0 Å². The fourth-order valence-corrected chi connectivity index (χ4v) is 8.56. The molecule has 0 spiro atoms. The number of hydrogen-bond acceptors (Lipinski definition) is 9. The number of nitrogens with zero attached hydrogens (tertiary/aromatic N) is 3. The number of nitriles is 1. The summed E-state index contributed by atoms with van der Waals surface area (Å²) in [5, 5.41) is 34.8. The summed E-state index contributed by atoms with van der Waals surface area (Å²) < 4.78 is 24.4. The van der Waals surface area contributed by atoms with Gasteiger partial charge in [-0.15, -0.1) is 6.58 Å². The number of phenolic OH excluding ortho intramolecular Hbond substituents is 2. The number of fused-ring (bicyclic) bond motifs is 7. The molecule has 0 saturated carbocycles. The SMILES string of the molecule is C=CCN1[C@@H]2c3c(O)c(OC)c(C)c(OC)c3C[C@H]1[C@H](C#N)N1[C@@H](c3ccc(Br)cc3)c3c(O)c(OC)c(C)c(OC)c3C[C@@H]21. The summed E-state index contributed by atoms with van der Waals surface area (Å²) in [6.07, 6.45) is 2.75. The Balaban J connectivity index is 1.72. The number of benzene rings is 3. The molecule has 0 amide bonds. The highest BCUT2D eigenvalue weighted by Gasteiger charge is 2.58. The van der Waals surface area contributed by atoms with Crippen molar-refractivity contribution >= 4 is 15.9 Å². The lowest BCUT2D eigenvalue weighted by Gasteiger charge is -2.60. The van der Waals surface area contributed by atoms with Crippen molar-refractivity contribution in [3.63, 3.8) is 0 Å². The number of piperazine rings is 1. The van der Waals surface area contributed by atoms with Gasteiger partial charge < -0.3 is 29.2 Å². The predicted molar refractivity (Wildman–Crippen MR) is 174 cm³/mol. The van der Waals surface area contributed by atoms with Gasteiger partial charge >= 0.3 is 0 Å². The minimum Gasteiger partial charge on any atom is -0.504 e. The number of methoxy groups -OCH3 is 4. The molecule has 0 unspecified atom stereocenters. The average molecular weight is 677 g/mol. The second-order valence-electron chi connectivity index (χ2n) is 11.8. The Hall–Kier alpha value is -3.91. The maximum absolute atomic E-state index is 11.9. The van der Waals surface area contributed by atoms with Gasteiger partial charge in [-0.3, -0.25) is 9.80 Å². The lowest BCUT2D eigenvalue weighted by molar-refractivity contribution is -0.0724. The monoisotopic (exact) mass is 675 g/mol. The first-order valence-electron chi connectivity index (χ1n) is 14.9. The summed E-state index contributed by atoms with van der Waals surface area (Å²) in [6.45, 7) is 8.31. The average Bonchev–Trinajstić information content (AvgIpc) is 3.02. The molecule has 10 heteroatoms. The zero-order valence-electron chi connectivity index (χ0n) is 26.3. The van der Waals surface area contributed by atoms with E-state index >= 15 is 0 Å². The van der Waals surface area contributed by atoms with Gasteiger partial charge in [0.05, 0.1) is 46.6 Å². The summed E-state index contributed by atoms with van der Waals surface area (Å²) >= 11 is 3.57. The number of halogens is 1. The van der Waals surface area contributed by atoms with Gasteiger partial charge in [0.15, 0.2) is 23.0 Å². The van der Waals surface area contributed by atoms with Gasteiger partial charge in [-0.2, -0.15) is 5.26 Å². The van der Waals surface area contributed by atoms with Crippen LogP contribution in [0.15, 0.2) is 41.4 Å². The van der Waals surface area contributed by atoms with E-state index in [4.69, 9.17) is 18.9 Å².